The summed E-state index contributed by atoms with van der Waals surface area (Å²) in [7, 11) is 0. The van der Waals surface area contributed by atoms with Gasteiger partial charge in [-0.15, -0.1) is 0 Å². The highest BCUT2D eigenvalue weighted by Crippen LogP contribution is 2.61. The molecular weight excluding hydrogens is 495 g/mol. The molecule has 0 bridgehead atoms. The van der Waals surface area contributed by atoms with E-state index in [4.69, 9.17) is 5.11 Å². The average Bonchev–Trinajstić information content (AvgIpc) is 2.50. The third-order valence-electron chi connectivity index (χ3n) is 4.03. The summed E-state index contributed by atoms with van der Waals surface area (Å²) in [6.45, 7) is 0.800. The first-order chi connectivity index (χ1) is 13.2. The van der Waals surface area contributed by atoms with Crippen molar-refractivity contribution in [2.75, 3.05) is 0 Å². The maximum atomic E-state index is 13.5. The van der Waals surface area contributed by atoms with Crippen LogP contribution in [-0.4, -0.2) is 58.8 Å². The first-order valence-corrected chi connectivity index (χ1v) is 7.56. The maximum absolute atomic E-state index is 13.5. The zero-order valence-electron chi connectivity index (χ0n) is 14.6. The van der Waals surface area contributed by atoms with E-state index in [1.807, 2.05) is 0 Å². The van der Waals surface area contributed by atoms with Crippen LogP contribution >= 0.6 is 0 Å². The Morgan fingerprint density at radius 3 is 1.16 bits per heavy atom. The Labute approximate surface area is 161 Å². The maximum Gasteiger partial charge on any atom is 0.431 e. The molecule has 0 aliphatic heterocycles. The second kappa shape index (κ2) is 7.97. The van der Waals surface area contributed by atoms with Gasteiger partial charge >= 0.3 is 47.6 Å². The van der Waals surface area contributed by atoms with Crippen molar-refractivity contribution in [3.63, 3.8) is 0 Å². The Kier molecular flexibility index (Phi) is 7.65. The number of hydrogen-bond acceptors (Lipinski definition) is 1. The molecule has 1 N–H and O–H groups in total. The Balaban J connectivity index is 6.48. The smallest absolute Gasteiger partial charge is 0.393 e. The Morgan fingerprint density at radius 1 is 0.548 bits per heavy atom. The number of rotatable bonds is 9. The van der Waals surface area contributed by atoms with Crippen LogP contribution in [0.3, 0.4) is 0 Å². The second-order valence-corrected chi connectivity index (χ2v) is 6.37. The number of alkyl halides is 17. The molecule has 1 atom stereocenters. The first kappa shape index (κ1) is 29.8. The Bertz CT molecular complexity index is 602. The molecule has 0 aromatic carbocycles. The van der Waals surface area contributed by atoms with Gasteiger partial charge in [0.05, 0.1) is 12.5 Å². The van der Waals surface area contributed by atoms with Crippen molar-refractivity contribution in [3.05, 3.63) is 0 Å². The molecule has 31 heavy (non-hydrogen) atoms. The van der Waals surface area contributed by atoms with E-state index in [2.05, 4.69) is 0 Å². The van der Waals surface area contributed by atoms with E-state index in [-0.39, 0.29) is 0 Å². The van der Waals surface area contributed by atoms with Gasteiger partial charge in [-0.25, -0.2) is 4.39 Å². The third-order valence-corrected chi connectivity index (χ3v) is 4.03. The van der Waals surface area contributed by atoms with Gasteiger partial charge in [-0.1, -0.05) is 6.92 Å². The predicted molar refractivity (Wildman–Crippen MR) is 66.2 cm³/mol. The van der Waals surface area contributed by atoms with Crippen molar-refractivity contribution in [1.29, 1.82) is 0 Å². The van der Waals surface area contributed by atoms with Gasteiger partial charge in [-0.05, 0) is 6.42 Å². The predicted octanol–water partition coefficient (Wildman–Crippen LogP) is 6.55. The fourth-order valence-corrected chi connectivity index (χ4v) is 2.00. The minimum absolute atomic E-state index is 0.800. The lowest BCUT2D eigenvalue weighted by Crippen LogP contribution is -2.69. The van der Waals surface area contributed by atoms with Crippen LogP contribution in [0, 0.1) is 0 Å². The zero-order chi connectivity index (χ0) is 25.7. The summed E-state index contributed by atoms with van der Waals surface area (Å²) in [5, 5.41) is 8.82. The standard InChI is InChI=1S/C13H11F17O/c1-2-5(31)3-7(15,16)9(19,20)11(23,24)10(21,22)8(17,18)4-6(14,12(25,26)27)13(28,29)30/h5,31H,2-4H2,1H3. The van der Waals surface area contributed by atoms with Crippen LogP contribution in [0.2, 0.25) is 0 Å². The highest BCUT2D eigenvalue weighted by molar-refractivity contribution is 5.11. The molecule has 0 rings (SSSR count). The van der Waals surface area contributed by atoms with Crippen LogP contribution < -0.4 is 0 Å². The van der Waals surface area contributed by atoms with Gasteiger partial charge in [-0.2, -0.15) is 70.2 Å². The summed E-state index contributed by atoms with van der Waals surface area (Å²) in [6.07, 6.45) is -26.0. The van der Waals surface area contributed by atoms with Crippen molar-refractivity contribution in [2.24, 2.45) is 0 Å². The molecular formula is C13H11F17O. The van der Waals surface area contributed by atoms with E-state index in [0.29, 0.717) is 0 Å². The van der Waals surface area contributed by atoms with Crippen molar-refractivity contribution >= 4 is 0 Å². The van der Waals surface area contributed by atoms with Gasteiger partial charge in [-0.3, -0.25) is 0 Å². The molecule has 0 saturated heterocycles. The van der Waals surface area contributed by atoms with Crippen molar-refractivity contribution in [3.8, 4) is 0 Å². The average molecular weight is 506 g/mol. The number of aliphatic hydroxyl groups is 1. The fourth-order valence-electron chi connectivity index (χ4n) is 2.00. The molecule has 0 amide bonds. The Hall–Kier alpha value is -1.23. The topological polar surface area (TPSA) is 20.2 Å². The van der Waals surface area contributed by atoms with Gasteiger partial charge < -0.3 is 5.11 Å². The van der Waals surface area contributed by atoms with Crippen molar-refractivity contribution < 1.29 is 79.7 Å². The van der Waals surface area contributed by atoms with Crippen molar-refractivity contribution in [1.82, 2.24) is 0 Å². The molecule has 1 nitrogen and oxygen atoms in total. The van der Waals surface area contributed by atoms with Gasteiger partial charge in [0.25, 0.3) is 0 Å². The number of hydrogen-bond donors (Lipinski definition) is 1. The quantitative estimate of drug-likeness (QED) is 0.352. The van der Waals surface area contributed by atoms with E-state index in [0.717, 1.165) is 6.92 Å². The molecule has 0 aliphatic rings. The molecule has 0 aromatic heterocycles. The van der Waals surface area contributed by atoms with E-state index in [9.17, 15) is 74.6 Å². The van der Waals surface area contributed by atoms with Crippen molar-refractivity contribution in [2.45, 2.75) is 79.9 Å². The number of aliphatic hydroxyl groups excluding tert-OH is 1. The second-order valence-electron chi connectivity index (χ2n) is 6.37. The van der Waals surface area contributed by atoms with Gasteiger partial charge in [0.15, 0.2) is 0 Å². The molecule has 0 aromatic rings. The molecule has 1 unspecified atom stereocenters. The normalized spacial score (nSPS) is 17.1. The molecule has 0 heterocycles. The summed E-state index contributed by atoms with van der Waals surface area (Å²) in [5.41, 5.74) is -7.31. The summed E-state index contributed by atoms with van der Waals surface area (Å²) in [4.78, 5) is 0. The largest absolute Gasteiger partial charge is 0.431 e. The minimum Gasteiger partial charge on any atom is -0.393 e. The zero-order valence-corrected chi connectivity index (χ0v) is 14.6. The highest BCUT2D eigenvalue weighted by Gasteiger charge is 2.88. The summed E-state index contributed by atoms with van der Waals surface area (Å²) in [6, 6.07) is 0. The minimum atomic E-state index is -8.06. The Morgan fingerprint density at radius 2 is 0.871 bits per heavy atom. The van der Waals surface area contributed by atoms with Gasteiger partial charge in [0.1, 0.15) is 0 Å². The molecule has 0 aliphatic carbocycles. The summed E-state index contributed by atoms with van der Waals surface area (Å²) >= 11 is 0. The lowest BCUT2D eigenvalue weighted by molar-refractivity contribution is -0.418. The molecule has 0 fully saturated rings. The number of halogens is 17. The molecule has 0 radical (unpaired) electrons. The lowest BCUT2D eigenvalue weighted by atomic mass is 9.86. The van der Waals surface area contributed by atoms with E-state index >= 15 is 0 Å². The van der Waals surface area contributed by atoms with Crippen LogP contribution in [0.4, 0.5) is 74.6 Å². The summed E-state index contributed by atoms with van der Waals surface area (Å²) in [5.74, 6) is -37.6. The highest BCUT2D eigenvalue weighted by atomic mass is 19.4. The SMILES string of the molecule is CCC(O)CC(F)(F)C(F)(F)C(F)(F)C(F)(F)C(F)(F)CC(F)(C(F)(F)F)C(F)(F)F. The lowest BCUT2D eigenvalue weighted by Gasteiger charge is -2.41. The van der Waals surface area contributed by atoms with Crippen LogP contribution in [0.5, 0.6) is 0 Å². The summed E-state index contributed by atoms with van der Waals surface area (Å²) < 4.78 is 221. The molecule has 18 heteroatoms. The van der Waals surface area contributed by atoms with Gasteiger partial charge in [0, 0.05) is 6.42 Å². The first-order valence-electron chi connectivity index (χ1n) is 7.56. The van der Waals surface area contributed by atoms with Crippen LogP contribution in [0.1, 0.15) is 26.2 Å². The fraction of sp³-hybridized carbons (Fsp3) is 1.00. The molecule has 0 spiro atoms. The third kappa shape index (κ3) is 4.77. The molecule has 188 valence electrons. The van der Waals surface area contributed by atoms with Crippen LogP contribution in [0.15, 0.2) is 0 Å². The van der Waals surface area contributed by atoms with E-state index < -0.39 is 73.0 Å². The molecule has 0 saturated carbocycles. The van der Waals surface area contributed by atoms with Crippen LogP contribution in [0.25, 0.3) is 0 Å². The van der Waals surface area contributed by atoms with Crippen LogP contribution in [-0.2, 0) is 0 Å². The van der Waals surface area contributed by atoms with E-state index in [1.165, 1.54) is 0 Å². The monoisotopic (exact) mass is 506 g/mol. The van der Waals surface area contributed by atoms with E-state index in [1.54, 1.807) is 0 Å². The van der Waals surface area contributed by atoms with Gasteiger partial charge in [0.2, 0.25) is 0 Å².